The average Bonchev–Trinajstić information content (AvgIpc) is 2.72. The molecule has 0 amide bonds. The Kier molecular flexibility index (Phi) is 3.22. The molecule has 1 heterocycles. The van der Waals surface area contributed by atoms with E-state index < -0.39 is 11.9 Å². The number of anilines is 1. The van der Waals surface area contributed by atoms with Crippen LogP contribution in [0.5, 0.6) is 0 Å². The number of halogens is 3. The maximum Gasteiger partial charge on any atom is 0.434 e. The number of alkyl halides is 3. The molecule has 17 heavy (non-hydrogen) atoms. The summed E-state index contributed by atoms with van der Waals surface area (Å²) in [6.07, 6.45) is 0.758. The number of aryl methyl sites for hydroxylation is 1. The largest absolute Gasteiger partial charge is 0.434 e. The van der Waals surface area contributed by atoms with Crippen molar-refractivity contribution in [3.8, 4) is 0 Å². The van der Waals surface area contributed by atoms with Crippen LogP contribution in [-0.2, 0) is 6.18 Å². The molecule has 1 N–H and O–H groups in total. The predicted octanol–water partition coefficient (Wildman–Crippen LogP) is 3.16. The summed E-state index contributed by atoms with van der Waals surface area (Å²) in [4.78, 5) is 7.35. The number of hydrogen-bond acceptors (Lipinski definition) is 3. The number of nitrogens with zero attached hydrogens (tertiary/aromatic N) is 2. The molecule has 0 saturated heterocycles. The molecule has 94 valence electrons. The van der Waals surface area contributed by atoms with E-state index in [-0.39, 0.29) is 0 Å². The first kappa shape index (κ1) is 12.1. The third kappa shape index (κ3) is 2.87. The Morgan fingerprint density at radius 1 is 1.29 bits per heavy atom. The Morgan fingerprint density at radius 3 is 2.47 bits per heavy atom. The van der Waals surface area contributed by atoms with Crippen LogP contribution in [0.15, 0.2) is 6.20 Å². The summed E-state index contributed by atoms with van der Waals surface area (Å²) in [5.41, 5.74) is -0.640. The lowest BCUT2D eigenvalue weighted by molar-refractivity contribution is -0.141. The molecular weight excluding hydrogens is 231 g/mol. The monoisotopic (exact) mass is 245 g/mol. The molecule has 1 fully saturated rings. The van der Waals surface area contributed by atoms with Gasteiger partial charge in [-0.2, -0.15) is 13.2 Å². The highest BCUT2D eigenvalue weighted by Gasteiger charge is 2.33. The van der Waals surface area contributed by atoms with Gasteiger partial charge < -0.3 is 5.32 Å². The molecule has 0 bridgehead atoms. The topological polar surface area (TPSA) is 37.8 Å². The molecule has 1 saturated carbocycles. The second-order valence-electron chi connectivity index (χ2n) is 4.31. The lowest BCUT2D eigenvalue weighted by atomic mass is 10.2. The van der Waals surface area contributed by atoms with Gasteiger partial charge in [-0.15, -0.1) is 0 Å². The minimum absolute atomic E-state index is 0.298. The molecule has 0 unspecified atom stereocenters. The van der Waals surface area contributed by atoms with E-state index in [0.29, 0.717) is 17.6 Å². The van der Waals surface area contributed by atoms with Gasteiger partial charge in [0.25, 0.3) is 0 Å². The Hall–Kier alpha value is -1.33. The smallest absolute Gasteiger partial charge is 0.366 e. The Bertz CT molecular complexity index is 397. The van der Waals surface area contributed by atoms with Gasteiger partial charge in [0.15, 0.2) is 5.69 Å². The number of hydrogen-bond donors (Lipinski definition) is 1. The second-order valence-corrected chi connectivity index (χ2v) is 4.31. The van der Waals surface area contributed by atoms with E-state index >= 15 is 0 Å². The van der Waals surface area contributed by atoms with Crippen molar-refractivity contribution < 1.29 is 13.2 Å². The molecule has 0 radical (unpaired) electrons. The van der Waals surface area contributed by atoms with E-state index in [4.69, 9.17) is 0 Å². The van der Waals surface area contributed by atoms with Crippen molar-refractivity contribution in [1.29, 1.82) is 0 Å². The molecule has 1 aliphatic carbocycles. The minimum atomic E-state index is -4.43. The summed E-state index contributed by atoms with van der Waals surface area (Å²) in [6.45, 7) is 1.54. The van der Waals surface area contributed by atoms with Crippen LogP contribution in [-0.4, -0.2) is 16.0 Å². The van der Waals surface area contributed by atoms with Crippen LogP contribution in [0.1, 0.15) is 37.1 Å². The van der Waals surface area contributed by atoms with Crippen molar-refractivity contribution in [1.82, 2.24) is 9.97 Å². The van der Waals surface area contributed by atoms with Crippen LogP contribution in [0.4, 0.5) is 19.0 Å². The van der Waals surface area contributed by atoms with Gasteiger partial charge in [-0.1, -0.05) is 12.8 Å². The van der Waals surface area contributed by atoms with Crippen molar-refractivity contribution in [2.24, 2.45) is 0 Å². The van der Waals surface area contributed by atoms with E-state index in [1.165, 1.54) is 0 Å². The van der Waals surface area contributed by atoms with Gasteiger partial charge in [0.1, 0.15) is 5.82 Å². The van der Waals surface area contributed by atoms with E-state index in [0.717, 1.165) is 31.9 Å². The first-order valence-corrected chi connectivity index (χ1v) is 5.64. The zero-order valence-electron chi connectivity index (χ0n) is 9.51. The van der Waals surface area contributed by atoms with Gasteiger partial charge in [-0.25, -0.2) is 9.97 Å². The summed E-state index contributed by atoms with van der Waals surface area (Å²) in [6, 6.07) is 0.319. The van der Waals surface area contributed by atoms with Gasteiger partial charge >= 0.3 is 6.18 Å². The zero-order chi connectivity index (χ0) is 12.5. The van der Waals surface area contributed by atoms with Crippen LogP contribution in [0.2, 0.25) is 0 Å². The molecule has 1 aromatic rings. The fourth-order valence-electron chi connectivity index (χ4n) is 2.02. The average molecular weight is 245 g/mol. The third-order valence-electron chi connectivity index (χ3n) is 2.93. The molecule has 0 aromatic carbocycles. The lowest BCUT2D eigenvalue weighted by Gasteiger charge is -2.15. The molecule has 6 heteroatoms. The highest BCUT2D eigenvalue weighted by Crippen LogP contribution is 2.29. The number of rotatable bonds is 2. The second kappa shape index (κ2) is 4.50. The number of aromatic nitrogens is 2. The van der Waals surface area contributed by atoms with Crippen molar-refractivity contribution in [3.63, 3.8) is 0 Å². The molecule has 0 spiro atoms. The molecule has 0 atom stereocenters. The maximum atomic E-state index is 12.4. The van der Waals surface area contributed by atoms with Crippen LogP contribution < -0.4 is 5.32 Å². The Balaban J connectivity index is 2.14. The van der Waals surface area contributed by atoms with Crippen LogP contribution in [0.3, 0.4) is 0 Å². The molecule has 1 aliphatic rings. The van der Waals surface area contributed by atoms with E-state index in [2.05, 4.69) is 15.3 Å². The van der Waals surface area contributed by atoms with Crippen molar-refractivity contribution in [2.45, 2.75) is 44.8 Å². The van der Waals surface area contributed by atoms with E-state index in [9.17, 15) is 13.2 Å². The SMILES string of the molecule is Cc1nc(C(F)(F)F)cnc1NC1CCCC1. The van der Waals surface area contributed by atoms with Crippen LogP contribution in [0.25, 0.3) is 0 Å². The van der Waals surface area contributed by atoms with Gasteiger partial charge in [-0.3, -0.25) is 0 Å². The van der Waals surface area contributed by atoms with E-state index in [1.807, 2.05) is 0 Å². The summed E-state index contributed by atoms with van der Waals surface area (Å²) < 4.78 is 37.1. The standard InChI is InChI=1S/C11H14F3N3/c1-7-10(17-8-4-2-3-5-8)15-6-9(16-7)11(12,13)14/h6,8H,2-5H2,1H3,(H,15,17). The van der Waals surface area contributed by atoms with Crippen LogP contribution in [0, 0.1) is 6.92 Å². The summed E-state index contributed by atoms with van der Waals surface area (Å²) in [5.74, 6) is 0.463. The van der Waals surface area contributed by atoms with Gasteiger partial charge in [0, 0.05) is 6.04 Å². The first-order chi connectivity index (χ1) is 7.97. The highest BCUT2D eigenvalue weighted by atomic mass is 19.4. The first-order valence-electron chi connectivity index (χ1n) is 5.64. The molecular formula is C11H14F3N3. The van der Waals surface area contributed by atoms with Crippen molar-refractivity contribution >= 4 is 5.82 Å². The highest BCUT2D eigenvalue weighted by molar-refractivity contribution is 5.40. The fourth-order valence-corrected chi connectivity index (χ4v) is 2.02. The quantitative estimate of drug-likeness (QED) is 0.869. The summed E-state index contributed by atoms with van der Waals surface area (Å²) >= 11 is 0. The van der Waals surface area contributed by atoms with E-state index in [1.54, 1.807) is 6.92 Å². The zero-order valence-corrected chi connectivity index (χ0v) is 9.51. The Morgan fingerprint density at radius 2 is 1.94 bits per heavy atom. The number of nitrogens with one attached hydrogen (secondary N) is 1. The maximum absolute atomic E-state index is 12.4. The fraction of sp³-hybridized carbons (Fsp3) is 0.636. The normalized spacial score (nSPS) is 17.4. The lowest BCUT2D eigenvalue weighted by Crippen LogP contribution is -2.18. The molecule has 0 aliphatic heterocycles. The molecule has 2 rings (SSSR count). The third-order valence-corrected chi connectivity index (χ3v) is 2.93. The Labute approximate surface area is 97.5 Å². The van der Waals surface area contributed by atoms with Gasteiger partial charge in [0.2, 0.25) is 0 Å². The molecule has 3 nitrogen and oxygen atoms in total. The van der Waals surface area contributed by atoms with Crippen molar-refractivity contribution in [3.05, 3.63) is 17.6 Å². The minimum Gasteiger partial charge on any atom is -0.366 e. The summed E-state index contributed by atoms with van der Waals surface area (Å²) in [5, 5.41) is 3.15. The summed E-state index contributed by atoms with van der Waals surface area (Å²) in [7, 11) is 0. The van der Waals surface area contributed by atoms with Gasteiger partial charge in [0.05, 0.1) is 11.9 Å². The predicted molar refractivity (Wildman–Crippen MR) is 57.6 cm³/mol. The van der Waals surface area contributed by atoms with Crippen LogP contribution >= 0.6 is 0 Å². The van der Waals surface area contributed by atoms with Crippen molar-refractivity contribution in [2.75, 3.05) is 5.32 Å². The molecule has 1 aromatic heterocycles. The van der Waals surface area contributed by atoms with Gasteiger partial charge in [-0.05, 0) is 19.8 Å².